The van der Waals surface area contributed by atoms with E-state index in [2.05, 4.69) is 17.4 Å². The van der Waals surface area contributed by atoms with Gasteiger partial charge < -0.3 is 14.5 Å². The second kappa shape index (κ2) is 4.75. The Bertz CT molecular complexity index is 528. The molecule has 3 nitrogen and oxygen atoms in total. The van der Waals surface area contributed by atoms with E-state index >= 15 is 0 Å². The van der Waals surface area contributed by atoms with Gasteiger partial charge in [0.05, 0.1) is 19.5 Å². The van der Waals surface area contributed by atoms with Crippen molar-refractivity contribution in [2.45, 2.75) is 18.3 Å². The molecule has 0 aliphatic carbocycles. The number of para-hydroxylation sites is 1. The summed E-state index contributed by atoms with van der Waals surface area (Å²) in [4.78, 5) is 0. The molecule has 96 valence electrons. The normalized spacial score (nSPS) is 17.8. The van der Waals surface area contributed by atoms with Crippen LogP contribution in [0.4, 0.5) is 0 Å². The molecule has 0 saturated carbocycles. The maximum Gasteiger partial charge on any atom is 0.134 e. The number of ether oxygens (including phenoxy) is 1. The van der Waals surface area contributed by atoms with Crippen molar-refractivity contribution in [1.82, 2.24) is 5.32 Å². The summed E-state index contributed by atoms with van der Waals surface area (Å²) in [5, 5.41) is 4.45. The van der Waals surface area contributed by atoms with Crippen LogP contribution in [0.2, 0.25) is 0 Å². The molecule has 2 aromatic rings. The van der Waals surface area contributed by atoms with Crippen LogP contribution >= 0.6 is 0 Å². The van der Waals surface area contributed by atoms with E-state index in [1.54, 1.807) is 0 Å². The third-order valence-corrected chi connectivity index (χ3v) is 3.89. The average molecular weight is 245 g/mol. The topological polar surface area (TPSA) is 34.4 Å². The van der Waals surface area contributed by atoms with E-state index in [1.807, 2.05) is 25.4 Å². The Kier molecular flexibility index (Phi) is 3.10. The fourth-order valence-corrected chi connectivity index (χ4v) is 2.78. The van der Waals surface area contributed by atoms with Gasteiger partial charge in [-0.3, -0.25) is 0 Å². The van der Waals surface area contributed by atoms with Gasteiger partial charge in [-0.15, -0.1) is 0 Å². The first-order valence-corrected chi connectivity index (χ1v) is 6.55. The van der Waals surface area contributed by atoms with Gasteiger partial charge in [0.25, 0.3) is 0 Å². The molecule has 3 heteroatoms. The Labute approximate surface area is 107 Å². The van der Waals surface area contributed by atoms with Crippen molar-refractivity contribution in [2.75, 3.05) is 26.8 Å². The van der Waals surface area contributed by atoms with Gasteiger partial charge in [0, 0.05) is 16.4 Å². The first-order valence-electron chi connectivity index (χ1n) is 6.55. The van der Waals surface area contributed by atoms with Crippen LogP contribution in [0.15, 0.2) is 34.9 Å². The van der Waals surface area contributed by atoms with E-state index in [9.17, 15) is 0 Å². The van der Waals surface area contributed by atoms with E-state index in [0.29, 0.717) is 0 Å². The molecule has 0 spiro atoms. The maximum atomic E-state index is 5.67. The summed E-state index contributed by atoms with van der Waals surface area (Å²) >= 11 is 0. The van der Waals surface area contributed by atoms with Crippen molar-refractivity contribution in [3.05, 3.63) is 36.1 Å². The van der Waals surface area contributed by atoms with Crippen LogP contribution in [0.5, 0.6) is 0 Å². The van der Waals surface area contributed by atoms with Crippen LogP contribution in [0.25, 0.3) is 11.0 Å². The second-order valence-corrected chi connectivity index (χ2v) is 5.13. The van der Waals surface area contributed by atoms with Gasteiger partial charge in [-0.2, -0.15) is 0 Å². The van der Waals surface area contributed by atoms with Gasteiger partial charge in [-0.1, -0.05) is 18.2 Å². The van der Waals surface area contributed by atoms with Crippen LogP contribution < -0.4 is 5.32 Å². The van der Waals surface area contributed by atoms with Crippen LogP contribution in [-0.2, 0) is 10.2 Å². The predicted molar refractivity (Wildman–Crippen MR) is 71.9 cm³/mol. The Balaban J connectivity index is 1.91. The molecular formula is C15H19NO2. The smallest absolute Gasteiger partial charge is 0.134 e. The minimum absolute atomic E-state index is 0.170. The quantitative estimate of drug-likeness (QED) is 0.822. The molecule has 0 amide bonds. The summed E-state index contributed by atoms with van der Waals surface area (Å²) in [7, 11) is 2.00. The monoisotopic (exact) mass is 245 g/mol. The van der Waals surface area contributed by atoms with Crippen molar-refractivity contribution in [3.8, 4) is 0 Å². The zero-order valence-corrected chi connectivity index (χ0v) is 10.7. The number of furan rings is 1. The Morgan fingerprint density at radius 3 is 2.83 bits per heavy atom. The first kappa shape index (κ1) is 11.8. The number of fused-ring (bicyclic) bond motifs is 1. The summed E-state index contributed by atoms with van der Waals surface area (Å²) in [6.45, 7) is 2.69. The van der Waals surface area contributed by atoms with Crippen LogP contribution in [0, 0.1) is 0 Å². The molecule has 0 bridgehead atoms. The van der Waals surface area contributed by atoms with Gasteiger partial charge in [-0.05, 0) is 32.5 Å². The fourth-order valence-electron chi connectivity index (χ4n) is 2.78. The number of hydrogen-bond acceptors (Lipinski definition) is 3. The zero-order valence-electron chi connectivity index (χ0n) is 10.7. The van der Waals surface area contributed by atoms with Crippen LogP contribution in [0.1, 0.15) is 18.4 Å². The molecule has 1 saturated heterocycles. The van der Waals surface area contributed by atoms with E-state index < -0.39 is 0 Å². The highest BCUT2D eigenvalue weighted by Crippen LogP contribution is 2.41. The second-order valence-electron chi connectivity index (χ2n) is 5.13. The number of rotatable bonds is 5. The summed E-state index contributed by atoms with van der Waals surface area (Å²) in [5.74, 6) is 0. The summed E-state index contributed by atoms with van der Waals surface area (Å²) in [6.07, 6.45) is 4.24. The highest BCUT2D eigenvalue weighted by molar-refractivity contribution is 5.82. The molecule has 0 atom stereocenters. The Hall–Kier alpha value is -1.32. The largest absolute Gasteiger partial charge is 0.464 e. The summed E-state index contributed by atoms with van der Waals surface area (Å²) < 4.78 is 11.1. The molecule has 1 N–H and O–H groups in total. The molecule has 3 rings (SSSR count). The van der Waals surface area contributed by atoms with Crippen molar-refractivity contribution in [3.63, 3.8) is 0 Å². The lowest BCUT2D eigenvalue weighted by Crippen LogP contribution is -2.46. The first-order chi connectivity index (χ1) is 8.86. The van der Waals surface area contributed by atoms with E-state index in [4.69, 9.17) is 9.15 Å². The molecular weight excluding hydrogens is 226 g/mol. The van der Waals surface area contributed by atoms with Gasteiger partial charge in [0.1, 0.15) is 5.58 Å². The zero-order chi connectivity index (χ0) is 12.4. The molecule has 1 aliphatic rings. The lowest BCUT2D eigenvalue weighted by molar-refractivity contribution is -0.0646. The molecule has 0 radical (unpaired) electrons. The van der Waals surface area contributed by atoms with Crippen molar-refractivity contribution >= 4 is 11.0 Å². The average Bonchev–Trinajstić information content (AvgIpc) is 2.77. The fraction of sp³-hybridized carbons (Fsp3) is 0.467. The molecule has 18 heavy (non-hydrogen) atoms. The molecule has 1 aromatic heterocycles. The van der Waals surface area contributed by atoms with E-state index in [-0.39, 0.29) is 5.41 Å². The lowest BCUT2D eigenvalue weighted by Gasteiger charge is -2.41. The van der Waals surface area contributed by atoms with Gasteiger partial charge in [0.2, 0.25) is 0 Å². The lowest BCUT2D eigenvalue weighted by atomic mass is 9.75. The SMILES string of the molecule is CNCCCC1(c2coc3ccccc23)COC1. The molecule has 2 heterocycles. The van der Waals surface area contributed by atoms with Crippen LogP contribution in [-0.4, -0.2) is 26.8 Å². The third-order valence-electron chi connectivity index (χ3n) is 3.89. The molecule has 0 unspecified atom stereocenters. The van der Waals surface area contributed by atoms with Crippen molar-refractivity contribution in [1.29, 1.82) is 0 Å². The van der Waals surface area contributed by atoms with Crippen molar-refractivity contribution < 1.29 is 9.15 Å². The van der Waals surface area contributed by atoms with Crippen LogP contribution in [0.3, 0.4) is 0 Å². The Morgan fingerprint density at radius 2 is 2.11 bits per heavy atom. The van der Waals surface area contributed by atoms with E-state index in [1.165, 1.54) is 17.4 Å². The standard InChI is InChI=1S/C15H19NO2/c1-16-8-4-7-15(10-17-11-15)13-9-18-14-6-3-2-5-12(13)14/h2-3,5-6,9,16H,4,7-8,10-11H2,1H3. The van der Waals surface area contributed by atoms with Gasteiger partial charge in [0.15, 0.2) is 0 Å². The summed E-state index contributed by atoms with van der Waals surface area (Å²) in [5.41, 5.74) is 2.47. The molecule has 1 aromatic carbocycles. The number of hydrogen-bond donors (Lipinski definition) is 1. The summed E-state index contributed by atoms with van der Waals surface area (Å²) in [6, 6.07) is 8.26. The minimum atomic E-state index is 0.170. The predicted octanol–water partition coefficient (Wildman–Crippen LogP) is 2.70. The maximum absolute atomic E-state index is 5.67. The Morgan fingerprint density at radius 1 is 1.28 bits per heavy atom. The van der Waals surface area contributed by atoms with Gasteiger partial charge >= 0.3 is 0 Å². The van der Waals surface area contributed by atoms with Crippen molar-refractivity contribution in [2.24, 2.45) is 0 Å². The minimum Gasteiger partial charge on any atom is -0.464 e. The number of nitrogens with one attached hydrogen (secondary N) is 1. The number of benzene rings is 1. The molecule has 1 fully saturated rings. The highest BCUT2D eigenvalue weighted by atomic mass is 16.5. The van der Waals surface area contributed by atoms with E-state index in [0.717, 1.165) is 31.8 Å². The molecule has 1 aliphatic heterocycles. The van der Waals surface area contributed by atoms with Gasteiger partial charge in [-0.25, -0.2) is 0 Å². The third kappa shape index (κ3) is 1.84. The highest BCUT2D eigenvalue weighted by Gasteiger charge is 2.41.